The Bertz CT molecular complexity index is 620. The molecular formula is C13H10BrFN2O2. The summed E-state index contributed by atoms with van der Waals surface area (Å²) in [6, 6.07) is 4.85. The number of carbonyl (C=O) groups excluding carboxylic acids is 1. The Kier molecular flexibility index (Phi) is 4.21. The molecule has 0 atom stereocenters. The Hall–Kier alpha value is -1.82. The highest BCUT2D eigenvalue weighted by Crippen LogP contribution is 2.29. The number of aldehydes is 1. The lowest BCUT2D eigenvalue weighted by Gasteiger charge is -2.09. The van der Waals surface area contributed by atoms with E-state index in [1.54, 1.807) is 19.1 Å². The number of nitrogens with zero attached hydrogens (tertiary/aromatic N) is 2. The van der Waals surface area contributed by atoms with E-state index in [2.05, 4.69) is 25.9 Å². The number of benzene rings is 1. The van der Waals surface area contributed by atoms with Crippen LogP contribution in [0.4, 0.5) is 4.39 Å². The Morgan fingerprint density at radius 2 is 2.21 bits per heavy atom. The Balaban J connectivity index is 2.35. The van der Waals surface area contributed by atoms with Gasteiger partial charge < -0.3 is 9.53 Å². The Morgan fingerprint density at radius 1 is 1.42 bits per heavy atom. The van der Waals surface area contributed by atoms with E-state index in [4.69, 9.17) is 4.74 Å². The number of aromatic nitrogens is 2. The SMILES string of the molecule is Cc1ccnc(Oc2ccc(Br)c(CC=O)c2F)n1. The number of carbonyl (C=O) groups is 1. The average Bonchev–Trinajstić information content (AvgIpc) is 2.38. The monoisotopic (exact) mass is 324 g/mol. The van der Waals surface area contributed by atoms with Crippen molar-refractivity contribution >= 4 is 22.2 Å². The molecule has 6 heteroatoms. The Labute approximate surface area is 117 Å². The van der Waals surface area contributed by atoms with Crippen molar-refractivity contribution in [1.29, 1.82) is 0 Å². The van der Waals surface area contributed by atoms with Gasteiger partial charge in [0, 0.05) is 28.3 Å². The van der Waals surface area contributed by atoms with Gasteiger partial charge in [0.15, 0.2) is 11.6 Å². The fourth-order valence-electron chi connectivity index (χ4n) is 1.50. The first kappa shape index (κ1) is 13.6. The van der Waals surface area contributed by atoms with Crippen LogP contribution in [-0.4, -0.2) is 16.3 Å². The zero-order chi connectivity index (χ0) is 13.8. The molecule has 0 unspecified atom stereocenters. The summed E-state index contributed by atoms with van der Waals surface area (Å²) in [5.74, 6) is -0.600. The van der Waals surface area contributed by atoms with E-state index in [-0.39, 0.29) is 23.7 Å². The molecule has 0 saturated carbocycles. The van der Waals surface area contributed by atoms with Gasteiger partial charge in [-0.05, 0) is 25.1 Å². The number of hydrogen-bond acceptors (Lipinski definition) is 4. The summed E-state index contributed by atoms with van der Waals surface area (Å²) >= 11 is 3.19. The standard InChI is InChI=1S/C13H10BrFN2O2/c1-8-4-6-16-13(17-8)19-11-3-2-10(14)9(5-7-18)12(11)15/h2-4,6-7H,5H2,1H3. The molecule has 1 aromatic heterocycles. The van der Waals surface area contributed by atoms with Gasteiger partial charge in [0.25, 0.3) is 0 Å². The van der Waals surface area contributed by atoms with Crippen LogP contribution in [0, 0.1) is 12.7 Å². The molecule has 1 aromatic carbocycles. The van der Waals surface area contributed by atoms with Crippen molar-refractivity contribution in [2.75, 3.05) is 0 Å². The zero-order valence-electron chi connectivity index (χ0n) is 10.1. The predicted molar refractivity (Wildman–Crippen MR) is 70.7 cm³/mol. The molecule has 0 aliphatic heterocycles. The van der Waals surface area contributed by atoms with E-state index in [1.165, 1.54) is 12.3 Å². The average molecular weight is 325 g/mol. The first-order valence-corrected chi connectivity index (χ1v) is 6.29. The summed E-state index contributed by atoms with van der Waals surface area (Å²) in [5.41, 5.74) is 0.968. The third-order valence-electron chi connectivity index (χ3n) is 2.41. The van der Waals surface area contributed by atoms with Gasteiger partial charge in [-0.1, -0.05) is 15.9 Å². The minimum absolute atomic E-state index is 0.00866. The second kappa shape index (κ2) is 5.88. The van der Waals surface area contributed by atoms with Gasteiger partial charge in [-0.25, -0.2) is 14.4 Å². The van der Waals surface area contributed by atoms with Crippen LogP contribution in [0.25, 0.3) is 0 Å². The fraction of sp³-hybridized carbons (Fsp3) is 0.154. The van der Waals surface area contributed by atoms with Crippen molar-refractivity contribution in [3.63, 3.8) is 0 Å². The van der Waals surface area contributed by atoms with Crippen LogP contribution < -0.4 is 4.74 Å². The topological polar surface area (TPSA) is 52.1 Å². The summed E-state index contributed by atoms with van der Waals surface area (Å²) in [6.45, 7) is 1.78. The summed E-state index contributed by atoms with van der Waals surface area (Å²) in [5, 5.41) is 0. The van der Waals surface area contributed by atoms with Crippen molar-refractivity contribution in [2.24, 2.45) is 0 Å². The van der Waals surface area contributed by atoms with Gasteiger partial charge >= 0.3 is 6.01 Å². The van der Waals surface area contributed by atoms with Crippen molar-refractivity contribution in [1.82, 2.24) is 9.97 Å². The third kappa shape index (κ3) is 3.14. The second-order valence-electron chi connectivity index (χ2n) is 3.79. The molecule has 98 valence electrons. The zero-order valence-corrected chi connectivity index (χ0v) is 11.6. The molecule has 0 aliphatic carbocycles. The molecule has 0 fully saturated rings. The van der Waals surface area contributed by atoms with E-state index in [0.717, 1.165) is 5.69 Å². The van der Waals surface area contributed by atoms with E-state index in [0.29, 0.717) is 10.8 Å². The number of ether oxygens (including phenoxy) is 1. The summed E-state index contributed by atoms with van der Waals surface area (Å²) < 4.78 is 20.0. The molecule has 0 bridgehead atoms. The summed E-state index contributed by atoms with van der Waals surface area (Å²) in [6.07, 6.45) is 2.13. The van der Waals surface area contributed by atoms with Crippen LogP contribution in [0.3, 0.4) is 0 Å². The maximum absolute atomic E-state index is 14.1. The highest BCUT2D eigenvalue weighted by Gasteiger charge is 2.14. The minimum Gasteiger partial charge on any atom is -0.421 e. The molecule has 0 saturated heterocycles. The molecular weight excluding hydrogens is 315 g/mol. The summed E-state index contributed by atoms with van der Waals surface area (Å²) in [4.78, 5) is 18.5. The van der Waals surface area contributed by atoms with Crippen LogP contribution >= 0.6 is 15.9 Å². The minimum atomic E-state index is -0.591. The number of rotatable bonds is 4. The lowest BCUT2D eigenvalue weighted by atomic mass is 10.1. The van der Waals surface area contributed by atoms with Crippen LogP contribution in [0.2, 0.25) is 0 Å². The van der Waals surface area contributed by atoms with Gasteiger partial charge in [0.2, 0.25) is 0 Å². The van der Waals surface area contributed by atoms with Crippen LogP contribution in [0.15, 0.2) is 28.9 Å². The molecule has 0 N–H and O–H groups in total. The predicted octanol–water partition coefficient (Wildman–Crippen LogP) is 3.22. The number of aryl methyl sites for hydroxylation is 1. The molecule has 0 radical (unpaired) electrons. The first-order chi connectivity index (χ1) is 9.11. The van der Waals surface area contributed by atoms with Gasteiger partial charge in [-0.3, -0.25) is 0 Å². The van der Waals surface area contributed by atoms with Gasteiger partial charge in [-0.15, -0.1) is 0 Å². The molecule has 2 rings (SSSR count). The lowest BCUT2D eigenvalue weighted by Crippen LogP contribution is -1.99. The molecule has 19 heavy (non-hydrogen) atoms. The molecule has 0 spiro atoms. The molecule has 0 amide bonds. The maximum atomic E-state index is 14.1. The first-order valence-electron chi connectivity index (χ1n) is 5.50. The fourth-order valence-corrected chi connectivity index (χ4v) is 1.97. The van der Waals surface area contributed by atoms with E-state index in [1.807, 2.05) is 0 Å². The number of hydrogen-bond donors (Lipinski definition) is 0. The normalized spacial score (nSPS) is 10.3. The quantitative estimate of drug-likeness (QED) is 0.810. The van der Waals surface area contributed by atoms with Crippen LogP contribution in [0.1, 0.15) is 11.3 Å². The highest BCUT2D eigenvalue weighted by atomic mass is 79.9. The van der Waals surface area contributed by atoms with Crippen LogP contribution in [-0.2, 0) is 11.2 Å². The molecule has 4 nitrogen and oxygen atoms in total. The summed E-state index contributed by atoms with van der Waals surface area (Å²) in [7, 11) is 0. The van der Waals surface area contributed by atoms with Crippen molar-refractivity contribution in [3.8, 4) is 11.8 Å². The van der Waals surface area contributed by atoms with Crippen molar-refractivity contribution < 1.29 is 13.9 Å². The lowest BCUT2D eigenvalue weighted by molar-refractivity contribution is -0.107. The smallest absolute Gasteiger partial charge is 0.322 e. The van der Waals surface area contributed by atoms with E-state index >= 15 is 0 Å². The Morgan fingerprint density at radius 3 is 2.89 bits per heavy atom. The maximum Gasteiger partial charge on any atom is 0.322 e. The molecule has 1 heterocycles. The molecule has 0 aliphatic rings. The molecule has 2 aromatic rings. The van der Waals surface area contributed by atoms with Gasteiger partial charge in [0.05, 0.1) is 0 Å². The van der Waals surface area contributed by atoms with Crippen molar-refractivity contribution in [3.05, 3.63) is 45.9 Å². The largest absolute Gasteiger partial charge is 0.421 e. The second-order valence-corrected chi connectivity index (χ2v) is 4.65. The van der Waals surface area contributed by atoms with E-state index in [9.17, 15) is 9.18 Å². The number of halogens is 2. The highest BCUT2D eigenvalue weighted by molar-refractivity contribution is 9.10. The van der Waals surface area contributed by atoms with Gasteiger partial charge in [0.1, 0.15) is 6.29 Å². The van der Waals surface area contributed by atoms with Crippen molar-refractivity contribution in [2.45, 2.75) is 13.3 Å². The van der Waals surface area contributed by atoms with E-state index < -0.39 is 5.82 Å². The van der Waals surface area contributed by atoms with Crippen LogP contribution in [0.5, 0.6) is 11.8 Å². The van der Waals surface area contributed by atoms with Gasteiger partial charge in [-0.2, -0.15) is 0 Å². The third-order valence-corrected chi connectivity index (χ3v) is 3.15.